The lowest BCUT2D eigenvalue weighted by molar-refractivity contribution is 0.501. The summed E-state index contributed by atoms with van der Waals surface area (Å²) >= 11 is 0. The quantitative estimate of drug-likeness (QED) is 0.523. The maximum Gasteiger partial charge on any atom is -0.0250 e. The average Bonchev–Trinajstić information content (AvgIpc) is 2.56. The van der Waals surface area contributed by atoms with E-state index in [9.17, 15) is 0 Å². The summed E-state index contributed by atoms with van der Waals surface area (Å²) in [5.74, 6) is 0.888. The van der Waals surface area contributed by atoms with Crippen molar-refractivity contribution in [2.24, 2.45) is 5.92 Å². The molecule has 0 aliphatic heterocycles. The Bertz CT molecular complexity index is 330. The van der Waals surface area contributed by atoms with Gasteiger partial charge in [0.15, 0.2) is 0 Å². The topological polar surface area (TPSA) is 0 Å². The zero-order valence-electron chi connectivity index (χ0n) is 16.8. The van der Waals surface area contributed by atoms with E-state index in [4.69, 9.17) is 0 Å². The van der Waals surface area contributed by atoms with E-state index in [-0.39, 0.29) is 0 Å². The van der Waals surface area contributed by atoms with Crippen LogP contribution in [0.5, 0.6) is 0 Å². The van der Waals surface area contributed by atoms with Crippen molar-refractivity contribution in [2.45, 2.75) is 100 Å². The molecule has 0 bridgehead atoms. The SMILES string of the molecule is CC.CCCC.CCCC.Cc1ccc2c(c1)CC(C)CC2. The highest BCUT2D eigenvalue weighted by atomic mass is 14.2. The van der Waals surface area contributed by atoms with Gasteiger partial charge in [0.05, 0.1) is 0 Å². The molecule has 0 spiro atoms. The van der Waals surface area contributed by atoms with E-state index in [1.807, 2.05) is 13.8 Å². The average molecular weight is 307 g/mol. The molecular weight excluding hydrogens is 264 g/mol. The molecule has 1 aliphatic carbocycles. The standard InChI is InChI=1S/C12H16.2C4H10.C2H6/c1-9-3-5-11-6-4-10(2)8-12(11)7-9;2*1-3-4-2;1-2/h3,5,7,10H,4,6,8H2,1-2H3;2*3-4H2,1-2H3;1-2H3. The first-order valence-electron chi connectivity index (χ1n) is 9.67. The molecule has 1 aliphatic rings. The fraction of sp³-hybridized carbons (Fsp3) is 0.727. The maximum absolute atomic E-state index is 2.35. The second kappa shape index (κ2) is 16.6. The summed E-state index contributed by atoms with van der Waals surface area (Å²) < 4.78 is 0. The minimum Gasteiger partial charge on any atom is -0.0683 e. The van der Waals surface area contributed by atoms with Gasteiger partial charge in [-0.1, -0.05) is 97.9 Å². The first-order chi connectivity index (χ1) is 10.6. The highest BCUT2D eigenvalue weighted by Gasteiger charge is 2.14. The zero-order valence-corrected chi connectivity index (χ0v) is 16.8. The maximum atomic E-state index is 2.35. The molecule has 0 heteroatoms. The Morgan fingerprint density at radius 2 is 1.36 bits per heavy atom. The van der Waals surface area contributed by atoms with Crippen LogP contribution in [0.3, 0.4) is 0 Å². The number of unbranched alkanes of at least 4 members (excludes halogenated alkanes) is 2. The molecular formula is C22H42. The van der Waals surface area contributed by atoms with Crippen LogP contribution in [0.25, 0.3) is 0 Å². The van der Waals surface area contributed by atoms with E-state index in [0.29, 0.717) is 0 Å². The van der Waals surface area contributed by atoms with Crippen molar-refractivity contribution in [3.8, 4) is 0 Å². The van der Waals surface area contributed by atoms with Crippen LogP contribution in [0.15, 0.2) is 18.2 Å². The van der Waals surface area contributed by atoms with Crippen molar-refractivity contribution in [1.82, 2.24) is 0 Å². The highest BCUT2D eigenvalue weighted by Crippen LogP contribution is 2.25. The van der Waals surface area contributed by atoms with Gasteiger partial charge < -0.3 is 0 Å². The highest BCUT2D eigenvalue weighted by molar-refractivity contribution is 5.33. The molecule has 0 N–H and O–H groups in total. The van der Waals surface area contributed by atoms with E-state index in [1.165, 1.54) is 50.5 Å². The molecule has 130 valence electrons. The lowest BCUT2D eigenvalue weighted by Crippen LogP contribution is -2.11. The summed E-state index contributed by atoms with van der Waals surface area (Å²) in [6, 6.07) is 6.89. The Balaban J connectivity index is 0. The Kier molecular flexibility index (Phi) is 17.7. The third-order valence-corrected chi connectivity index (χ3v) is 3.84. The summed E-state index contributed by atoms with van der Waals surface area (Å²) in [5.41, 5.74) is 4.58. The van der Waals surface area contributed by atoms with E-state index in [1.54, 1.807) is 11.1 Å². The second-order valence-electron chi connectivity index (χ2n) is 6.12. The van der Waals surface area contributed by atoms with E-state index in [2.05, 4.69) is 59.7 Å². The molecule has 0 aromatic heterocycles. The van der Waals surface area contributed by atoms with Gasteiger partial charge in [-0.3, -0.25) is 0 Å². The Hall–Kier alpha value is -0.780. The Labute approximate surface area is 141 Å². The van der Waals surface area contributed by atoms with Crippen LogP contribution in [0, 0.1) is 12.8 Å². The van der Waals surface area contributed by atoms with Crippen LogP contribution in [-0.2, 0) is 12.8 Å². The van der Waals surface area contributed by atoms with Gasteiger partial charge in [-0.05, 0) is 43.2 Å². The largest absolute Gasteiger partial charge is 0.0683 e. The summed E-state index contributed by atoms with van der Waals surface area (Å²) in [6.45, 7) is 17.3. The minimum atomic E-state index is 0.888. The molecule has 0 radical (unpaired) electrons. The minimum absolute atomic E-state index is 0.888. The van der Waals surface area contributed by atoms with Crippen LogP contribution in [-0.4, -0.2) is 0 Å². The van der Waals surface area contributed by atoms with Crippen LogP contribution in [0.4, 0.5) is 0 Å². The molecule has 0 nitrogen and oxygen atoms in total. The number of hydrogen-bond donors (Lipinski definition) is 0. The van der Waals surface area contributed by atoms with Crippen molar-refractivity contribution in [2.75, 3.05) is 0 Å². The number of hydrogen-bond acceptors (Lipinski definition) is 0. The van der Waals surface area contributed by atoms with Crippen LogP contribution < -0.4 is 0 Å². The first-order valence-corrected chi connectivity index (χ1v) is 9.67. The van der Waals surface area contributed by atoms with Gasteiger partial charge >= 0.3 is 0 Å². The fourth-order valence-electron chi connectivity index (χ4n) is 2.07. The van der Waals surface area contributed by atoms with Gasteiger partial charge in [-0.2, -0.15) is 0 Å². The lowest BCUT2D eigenvalue weighted by atomic mass is 9.84. The normalized spacial score (nSPS) is 15.0. The number of aryl methyl sites for hydroxylation is 2. The third-order valence-electron chi connectivity index (χ3n) is 3.84. The Morgan fingerprint density at radius 1 is 0.864 bits per heavy atom. The zero-order chi connectivity index (χ0) is 17.4. The van der Waals surface area contributed by atoms with Crippen molar-refractivity contribution in [1.29, 1.82) is 0 Å². The number of benzene rings is 1. The molecule has 1 atom stereocenters. The number of fused-ring (bicyclic) bond motifs is 1. The summed E-state index contributed by atoms with van der Waals surface area (Å²) in [7, 11) is 0. The molecule has 1 unspecified atom stereocenters. The van der Waals surface area contributed by atoms with Crippen molar-refractivity contribution in [3.63, 3.8) is 0 Å². The molecule has 0 fully saturated rings. The van der Waals surface area contributed by atoms with Crippen LogP contribution in [0.2, 0.25) is 0 Å². The van der Waals surface area contributed by atoms with Crippen LogP contribution in [0.1, 0.15) is 97.3 Å². The van der Waals surface area contributed by atoms with Gasteiger partial charge in [0.25, 0.3) is 0 Å². The summed E-state index contributed by atoms with van der Waals surface area (Å²) in [5, 5.41) is 0. The van der Waals surface area contributed by atoms with Gasteiger partial charge in [0.1, 0.15) is 0 Å². The van der Waals surface area contributed by atoms with E-state index >= 15 is 0 Å². The Morgan fingerprint density at radius 3 is 1.82 bits per heavy atom. The van der Waals surface area contributed by atoms with Gasteiger partial charge in [0, 0.05) is 0 Å². The van der Waals surface area contributed by atoms with Crippen molar-refractivity contribution in [3.05, 3.63) is 34.9 Å². The molecule has 0 amide bonds. The van der Waals surface area contributed by atoms with Crippen molar-refractivity contribution < 1.29 is 0 Å². The monoisotopic (exact) mass is 306 g/mol. The number of rotatable bonds is 2. The van der Waals surface area contributed by atoms with Gasteiger partial charge in [-0.15, -0.1) is 0 Å². The first kappa shape index (κ1) is 23.5. The molecule has 22 heavy (non-hydrogen) atoms. The second-order valence-corrected chi connectivity index (χ2v) is 6.12. The van der Waals surface area contributed by atoms with E-state index in [0.717, 1.165) is 5.92 Å². The van der Waals surface area contributed by atoms with Gasteiger partial charge in [0.2, 0.25) is 0 Å². The summed E-state index contributed by atoms with van der Waals surface area (Å²) in [4.78, 5) is 0. The predicted molar refractivity (Wildman–Crippen MR) is 105 cm³/mol. The molecule has 0 saturated carbocycles. The summed E-state index contributed by atoms with van der Waals surface area (Å²) in [6.07, 6.45) is 9.23. The van der Waals surface area contributed by atoms with Crippen molar-refractivity contribution >= 4 is 0 Å². The molecule has 0 heterocycles. The van der Waals surface area contributed by atoms with Crippen LogP contribution >= 0.6 is 0 Å². The van der Waals surface area contributed by atoms with E-state index < -0.39 is 0 Å². The molecule has 0 saturated heterocycles. The predicted octanol–water partition coefficient (Wildman–Crippen LogP) is 7.76. The molecule has 1 aromatic rings. The molecule has 1 aromatic carbocycles. The third kappa shape index (κ3) is 11.8. The smallest absolute Gasteiger partial charge is 0.0250 e. The van der Waals surface area contributed by atoms with Gasteiger partial charge in [-0.25, -0.2) is 0 Å². The lowest BCUT2D eigenvalue weighted by Gasteiger charge is -2.21. The fourth-order valence-corrected chi connectivity index (χ4v) is 2.07. The molecule has 2 rings (SSSR count).